The summed E-state index contributed by atoms with van der Waals surface area (Å²) in [6, 6.07) is 8.95. The van der Waals surface area contributed by atoms with E-state index in [1.54, 1.807) is 0 Å². The average molecular weight is 287 g/mol. The van der Waals surface area contributed by atoms with Crippen LogP contribution >= 0.6 is 0 Å². The Balaban J connectivity index is 1.84. The van der Waals surface area contributed by atoms with E-state index < -0.39 is 5.54 Å². The Morgan fingerprint density at radius 1 is 1.29 bits per heavy atom. The third-order valence-corrected chi connectivity index (χ3v) is 4.93. The number of rotatable bonds is 4. The van der Waals surface area contributed by atoms with E-state index in [-0.39, 0.29) is 5.97 Å². The molecule has 3 nitrogen and oxygen atoms in total. The molecule has 1 fully saturated rings. The van der Waals surface area contributed by atoms with Gasteiger partial charge in [-0.1, -0.05) is 37.1 Å². The van der Waals surface area contributed by atoms with Crippen molar-refractivity contribution in [3.8, 4) is 0 Å². The van der Waals surface area contributed by atoms with Crippen molar-refractivity contribution in [1.82, 2.24) is 5.32 Å². The third kappa shape index (κ3) is 2.98. The Morgan fingerprint density at radius 2 is 2.00 bits per heavy atom. The number of carbonyl (C=O) groups is 1. The van der Waals surface area contributed by atoms with Crippen LogP contribution in [0.3, 0.4) is 0 Å². The minimum absolute atomic E-state index is 0.0635. The van der Waals surface area contributed by atoms with Gasteiger partial charge in [-0.2, -0.15) is 0 Å². The summed E-state index contributed by atoms with van der Waals surface area (Å²) < 4.78 is 5.41. The Labute approximate surface area is 127 Å². The molecule has 1 saturated carbocycles. The second kappa shape index (κ2) is 6.18. The standard InChI is InChI=1S/C18H25NO2/c1-2-21-17(20)18(19-16-9-5-6-10-16)12-11-14-7-3-4-8-15(14)13-18/h3-4,7-8,16,19H,2,5-6,9-13H2,1H3. The highest BCUT2D eigenvalue weighted by Crippen LogP contribution is 2.32. The number of carbonyl (C=O) groups excluding carboxylic acids is 1. The van der Waals surface area contributed by atoms with Crippen LogP contribution in [0.4, 0.5) is 0 Å². The number of hydrogen-bond acceptors (Lipinski definition) is 3. The van der Waals surface area contributed by atoms with Gasteiger partial charge in [-0.3, -0.25) is 10.1 Å². The predicted octanol–water partition coefficient (Wildman–Crippen LogP) is 3.01. The van der Waals surface area contributed by atoms with Gasteiger partial charge < -0.3 is 4.74 Å². The second-order valence-corrected chi connectivity index (χ2v) is 6.37. The zero-order valence-electron chi connectivity index (χ0n) is 12.9. The van der Waals surface area contributed by atoms with Crippen molar-refractivity contribution < 1.29 is 9.53 Å². The molecule has 21 heavy (non-hydrogen) atoms. The van der Waals surface area contributed by atoms with E-state index in [9.17, 15) is 4.79 Å². The van der Waals surface area contributed by atoms with Gasteiger partial charge in [-0.05, 0) is 43.7 Å². The molecule has 2 aliphatic carbocycles. The lowest BCUT2D eigenvalue weighted by molar-refractivity contribution is -0.152. The number of aryl methyl sites for hydroxylation is 1. The molecular formula is C18H25NO2. The van der Waals surface area contributed by atoms with Gasteiger partial charge in [-0.15, -0.1) is 0 Å². The van der Waals surface area contributed by atoms with Crippen molar-refractivity contribution in [2.45, 2.75) is 63.5 Å². The van der Waals surface area contributed by atoms with Crippen LogP contribution in [-0.4, -0.2) is 24.2 Å². The smallest absolute Gasteiger partial charge is 0.326 e. The highest BCUT2D eigenvalue weighted by molar-refractivity contribution is 5.82. The fourth-order valence-electron chi connectivity index (χ4n) is 3.82. The minimum Gasteiger partial charge on any atom is -0.465 e. The molecule has 114 valence electrons. The molecule has 0 spiro atoms. The molecule has 3 rings (SSSR count). The maximum absolute atomic E-state index is 12.6. The molecule has 0 aromatic heterocycles. The fraction of sp³-hybridized carbons (Fsp3) is 0.611. The maximum atomic E-state index is 12.6. The van der Waals surface area contributed by atoms with Crippen molar-refractivity contribution in [1.29, 1.82) is 0 Å². The molecule has 1 aromatic carbocycles. The van der Waals surface area contributed by atoms with Gasteiger partial charge >= 0.3 is 5.97 Å². The largest absolute Gasteiger partial charge is 0.465 e. The number of fused-ring (bicyclic) bond motifs is 1. The first-order chi connectivity index (χ1) is 10.2. The Morgan fingerprint density at radius 3 is 2.71 bits per heavy atom. The summed E-state index contributed by atoms with van der Waals surface area (Å²) in [6.45, 7) is 2.34. The number of nitrogens with one attached hydrogen (secondary N) is 1. The highest BCUT2D eigenvalue weighted by atomic mass is 16.5. The van der Waals surface area contributed by atoms with E-state index in [0.29, 0.717) is 12.6 Å². The lowest BCUT2D eigenvalue weighted by Crippen LogP contribution is -2.59. The molecule has 3 heteroatoms. The molecule has 1 atom stereocenters. The van der Waals surface area contributed by atoms with Crippen LogP contribution < -0.4 is 5.32 Å². The Bertz CT molecular complexity index is 508. The van der Waals surface area contributed by atoms with Crippen LogP contribution in [0.15, 0.2) is 24.3 Å². The first kappa shape index (κ1) is 14.6. The molecule has 1 aromatic rings. The van der Waals surface area contributed by atoms with Crippen LogP contribution in [0.2, 0.25) is 0 Å². The first-order valence-corrected chi connectivity index (χ1v) is 8.25. The van der Waals surface area contributed by atoms with Crippen LogP contribution in [0.5, 0.6) is 0 Å². The van der Waals surface area contributed by atoms with Crippen molar-refractivity contribution in [2.75, 3.05) is 6.61 Å². The summed E-state index contributed by atoms with van der Waals surface area (Å²) in [4.78, 5) is 12.6. The van der Waals surface area contributed by atoms with Crippen LogP contribution in [0.1, 0.15) is 50.2 Å². The summed E-state index contributed by atoms with van der Waals surface area (Å²) >= 11 is 0. The lowest BCUT2D eigenvalue weighted by atomic mass is 9.77. The minimum atomic E-state index is -0.515. The highest BCUT2D eigenvalue weighted by Gasteiger charge is 2.44. The summed E-state index contributed by atoms with van der Waals surface area (Å²) in [6.07, 6.45) is 7.47. The number of ether oxygens (including phenoxy) is 1. The van der Waals surface area contributed by atoms with Gasteiger partial charge in [-0.25, -0.2) is 0 Å². The summed E-state index contributed by atoms with van der Waals surface area (Å²) in [7, 11) is 0. The van der Waals surface area contributed by atoms with E-state index in [4.69, 9.17) is 4.74 Å². The Kier molecular flexibility index (Phi) is 4.29. The number of hydrogen-bond donors (Lipinski definition) is 1. The number of benzene rings is 1. The topological polar surface area (TPSA) is 38.3 Å². The van der Waals surface area contributed by atoms with Gasteiger partial charge in [0.2, 0.25) is 0 Å². The molecule has 0 bridgehead atoms. The van der Waals surface area contributed by atoms with Crippen molar-refractivity contribution in [3.05, 3.63) is 35.4 Å². The van der Waals surface area contributed by atoms with Crippen molar-refractivity contribution in [3.63, 3.8) is 0 Å². The average Bonchev–Trinajstić information content (AvgIpc) is 3.00. The molecule has 0 radical (unpaired) electrons. The molecule has 1 N–H and O–H groups in total. The zero-order valence-corrected chi connectivity index (χ0v) is 12.9. The van der Waals surface area contributed by atoms with Crippen molar-refractivity contribution >= 4 is 5.97 Å². The Hall–Kier alpha value is -1.35. The quantitative estimate of drug-likeness (QED) is 0.865. The van der Waals surface area contributed by atoms with Crippen LogP contribution in [-0.2, 0) is 22.4 Å². The predicted molar refractivity (Wildman–Crippen MR) is 83.2 cm³/mol. The van der Waals surface area contributed by atoms with Gasteiger partial charge in [0, 0.05) is 12.5 Å². The summed E-state index contributed by atoms with van der Waals surface area (Å²) in [5.41, 5.74) is 2.16. The van der Waals surface area contributed by atoms with E-state index in [1.165, 1.54) is 36.8 Å². The van der Waals surface area contributed by atoms with Gasteiger partial charge in [0.25, 0.3) is 0 Å². The SMILES string of the molecule is CCOC(=O)C1(NC2CCCC2)CCc2ccccc2C1. The molecular weight excluding hydrogens is 262 g/mol. The van der Waals surface area contributed by atoms with E-state index in [0.717, 1.165) is 19.3 Å². The molecule has 0 amide bonds. The van der Waals surface area contributed by atoms with Crippen LogP contribution in [0, 0.1) is 0 Å². The fourth-order valence-corrected chi connectivity index (χ4v) is 3.82. The normalized spacial score (nSPS) is 25.6. The van der Waals surface area contributed by atoms with Gasteiger partial charge in [0.05, 0.1) is 6.61 Å². The van der Waals surface area contributed by atoms with E-state index in [2.05, 4.69) is 29.6 Å². The van der Waals surface area contributed by atoms with E-state index in [1.807, 2.05) is 6.92 Å². The zero-order chi connectivity index (χ0) is 14.7. The summed E-state index contributed by atoms with van der Waals surface area (Å²) in [5.74, 6) is -0.0635. The lowest BCUT2D eigenvalue weighted by Gasteiger charge is -2.39. The molecule has 0 aliphatic heterocycles. The first-order valence-electron chi connectivity index (χ1n) is 8.25. The third-order valence-electron chi connectivity index (χ3n) is 4.93. The molecule has 2 aliphatic rings. The maximum Gasteiger partial charge on any atom is 0.326 e. The number of esters is 1. The monoisotopic (exact) mass is 287 g/mol. The van der Waals surface area contributed by atoms with Gasteiger partial charge in [0.1, 0.15) is 5.54 Å². The molecule has 0 saturated heterocycles. The van der Waals surface area contributed by atoms with E-state index >= 15 is 0 Å². The molecule has 1 unspecified atom stereocenters. The van der Waals surface area contributed by atoms with Crippen molar-refractivity contribution in [2.24, 2.45) is 0 Å². The van der Waals surface area contributed by atoms with Gasteiger partial charge in [0.15, 0.2) is 0 Å². The second-order valence-electron chi connectivity index (χ2n) is 6.37. The molecule has 0 heterocycles. The van der Waals surface area contributed by atoms with Crippen LogP contribution in [0.25, 0.3) is 0 Å². The summed E-state index contributed by atoms with van der Waals surface area (Å²) in [5, 5.41) is 3.68.